The third kappa shape index (κ3) is 4.51. The van der Waals surface area contributed by atoms with Crippen molar-refractivity contribution in [2.45, 2.75) is 12.6 Å². The first-order valence-corrected chi connectivity index (χ1v) is 7.11. The van der Waals surface area contributed by atoms with Crippen LogP contribution < -0.4 is 11.1 Å². The normalized spacial score (nSPS) is 21.9. The minimum Gasteiger partial charge on any atom is -0.370 e. The zero-order chi connectivity index (χ0) is 14.4. The topological polar surface area (TPSA) is 56.9 Å². The van der Waals surface area contributed by atoms with Gasteiger partial charge in [0.25, 0.3) is 0 Å². The van der Waals surface area contributed by atoms with Crippen molar-refractivity contribution in [1.82, 2.24) is 15.1 Å². The van der Waals surface area contributed by atoms with E-state index < -0.39 is 0 Å². The SMILES string of the molecule is CN1CCN(C)[C@H](CNC(N)=NCc2ccccc2)C1. The molecule has 0 radical (unpaired) electrons. The largest absolute Gasteiger partial charge is 0.370 e. The monoisotopic (exact) mass is 275 g/mol. The van der Waals surface area contributed by atoms with Crippen molar-refractivity contribution in [3.8, 4) is 0 Å². The van der Waals surface area contributed by atoms with Crippen LogP contribution in [0.4, 0.5) is 0 Å². The van der Waals surface area contributed by atoms with Crippen LogP contribution in [0.15, 0.2) is 35.3 Å². The Morgan fingerprint density at radius 2 is 2.05 bits per heavy atom. The maximum atomic E-state index is 5.93. The fourth-order valence-corrected chi connectivity index (χ4v) is 2.36. The highest BCUT2D eigenvalue weighted by atomic mass is 15.3. The molecule has 3 N–H and O–H groups in total. The molecule has 0 spiro atoms. The van der Waals surface area contributed by atoms with Gasteiger partial charge in [-0.15, -0.1) is 0 Å². The molecule has 0 saturated carbocycles. The number of rotatable bonds is 4. The molecule has 2 rings (SSSR count). The van der Waals surface area contributed by atoms with Crippen molar-refractivity contribution in [1.29, 1.82) is 0 Å². The molecule has 0 aliphatic carbocycles. The minimum absolute atomic E-state index is 0.485. The molecular weight excluding hydrogens is 250 g/mol. The molecular formula is C15H25N5. The maximum Gasteiger partial charge on any atom is 0.188 e. The highest BCUT2D eigenvalue weighted by Crippen LogP contribution is 2.04. The van der Waals surface area contributed by atoms with Gasteiger partial charge in [-0.05, 0) is 19.7 Å². The van der Waals surface area contributed by atoms with E-state index >= 15 is 0 Å². The van der Waals surface area contributed by atoms with Crippen molar-refractivity contribution in [3.05, 3.63) is 35.9 Å². The summed E-state index contributed by atoms with van der Waals surface area (Å²) in [7, 11) is 4.32. The number of benzene rings is 1. The standard InChI is InChI=1S/C15H25N5/c1-19-8-9-20(2)14(12-19)11-18-15(16)17-10-13-6-4-3-5-7-13/h3-7,14H,8-12H2,1-2H3,(H3,16,17,18)/t14-/m1/s1. The lowest BCUT2D eigenvalue weighted by Gasteiger charge is -2.37. The summed E-state index contributed by atoms with van der Waals surface area (Å²) in [5.41, 5.74) is 7.10. The molecule has 20 heavy (non-hydrogen) atoms. The summed E-state index contributed by atoms with van der Waals surface area (Å²) in [4.78, 5) is 9.10. The van der Waals surface area contributed by atoms with Crippen LogP contribution >= 0.6 is 0 Å². The third-order valence-corrected chi connectivity index (χ3v) is 3.77. The van der Waals surface area contributed by atoms with E-state index in [0.29, 0.717) is 18.5 Å². The second-order valence-electron chi connectivity index (χ2n) is 5.46. The number of piperazine rings is 1. The first-order valence-electron chi connectivity index (χ1n) is 7.11. The Hall–Kier alpha value is -1.59. The van der Waals surface area contributed by atoms with Gasteiger partial charge in [0.05, 0.1) is 6.54 Å². The molecule has 1 aromatic rings. The summed E-state index contributed by atoms with van der Waals surface area (Å²) in [6.07, 6.45) is 0. The van der Waals surface area contributed by atoms with Gasteiger partial charge in [0.2, 0.25) is 0 Å². The Labute approximate surface area is 121 Å². The highest BCUT2D eigenvalue weighted by Gasteiger charge is 2.21. The zero-order valence-electron chi connectivity index (χ0n) is 12.4. The average Bonchev–Trinajstić information content (AvgIpc) is 2.47. The maximum absolute atomic E-state index is 5.93. The molecule has 1 saturated heterocycles. The van der Waals surface area contributed by atoms with E-state index in [2.05, 4.69) is 46.3 Å². The molecule has 0 unspecified atom stereocenters. The van der Waals surface area contributed by atoms with Crippen molar-refractivity contribution in [2.75, 3.05) is 40.3 Å². The molecule has 1 aliphatic rings. The van der Waals surface area contributed by atoms with Gasteiger partial charge in [-0.1, -0.05) is 30.3 Å². The highest BCUT2D eigenvalue weighted by molar-refractivity contribution is 5.77. The van der Waals surface area contributed by atoms with Crippen LogP contribution in [0.25, 0.3) is 0 Å². The van der Waals surface area contributed by atoms with E-state index in [9.17, 15) is 0 Å². The van der Waals surface area contributed by atoms with E-state index in [1.807, 2.05) is 18.2 Å². The number of aliphatic imine (C=N–C) groups is 1. The van der Waals surface area contributed by atoms with E-state index in [1.165, 1.54) is 5.56 Å². The second-order valence-corrected chi connectivity index (χ2v) is 5.46. The molecule has 0 aromatic heterocycles. The predicted octanol–water partition coefficient (Wildman–Crippen LogP) is 0.337. The van der Waals surface area contributed by atoms with Crippen LogP contribution in [0.3, 0.4) is 0 Å². The summed E-state index contributed by atoms with van der Waals surface area (Å²) >= 11 is 0. The number of nitrogens with one attached hydrogen (secondary N) is 1. The molecule has 110 valence electrons. The molecule has 5 heteroatoms. The van der Waals surface area contributed by atoms with Gasteiger partial charge in [-0.25, -0.2) is 4.99 Å². The van der Waals surface area contributed by atoms with Crippen LogP contribution in [-0.4, -0.2) is 62.1 Å². The smallest absolute Gasteiger partial charge is 0.188 e. The number of hydrogen-bond acceptors (Lipinski definition) is 3. The van der Waals surface area contributed by atoms with Crippen LogP contribution in [0.2, 0.25) is 0 Å². The number of guanidine groups is 1. The minimum atomic E-state index is 0.485. The van der Waals surface area contributed by atoms with Crippen molar-refractivity contribution in [3.63, 3.8) is 0 Å². The van der Waals surface area contributed by atoms with Crippen molar-refractivity contribution in [2.24, 2.45) is 10.7 Å². The molecule has 1 fully saturated rings. The molecule has 1 atom stereocenters. The lowest BCUT2D eigenvalue weighted by molar-refractivity contribution is 0.116. The quantitative estimate of drug-likeness (QED) is 0.614. The third-order valence-electron chi connectivity index (χ3n) is 3.77. The summed E-state index contributed by atoms with van der Waals surface area (Å²) in [5.74, 6) is 0.524. The average molecular weight is 275 g/mol. The van der Waals surface area contributed by atoms with E-state index in [4.69, 9.17) is 5.73 Å². The molecule has 1 aliphatic heterocycles. The fourth-order valence-electron chi connectivity index (χ4n) is 2.36. The molecule has 0 bridgehead atoms. The van der Waals surface area contributed by atoms with Gasteiger partial charge in [-0.2, -0.15) is 0 Å². The number of hydrogen-bond donors (Lipinski definition) is 2. The van der Waals surface area contributed by atoms with Gasteiger partial charge < -0.3 is 16.0 Å². The van der Waals surface area contributed by atoms with Gasteiger partial charge in [0.15, 0.2) is 5.96 Å². The van der Waals surface area contributed by atoms with Gasteiger partial charge >= 0.3 is 0 Å². The van der Waals surface area contributed by atoms with E-state index in [0.717, 1.165) is 26.2 Å². The Kier molecular flexibility index (Phi) is 5.38. The predicted molar refractivity (Wildman–Crippen MR) is 83.7 cm³/mol. The Balaban J connectivity index is 1.78. The van der Waals surface area contributed by atoms with Crippen LogP contribution in [0.5, 0.6) is 0 Å². The Morgan fingerprint density at radius 1 is 1.30 bits per heavy atom. The number of nitrogens with two attached hydrogens (primary N) is 1. The number of likely N-dealkylation sites (N-methyl/N-ethyl adjacent to an activating group) is 2. The summed E-state index contributed by atoms with van der Waals surface area (Å²) in [6, 6.07) is 10.6. The number of nitrogens with zero attached hydrogens (tertiary/aromatic N) is 3. The summed E-state index contributed by atoms with van der Waals surface area (Å²) < 4.78 is 0. The van der Waals surface area contributed by atoms with Gasteiger partial charge in [0, 0.05) is 32.2 Å². The molecule has 5 nitrogen and oxygen atoms in total. The van der Waals surface area contributed by atoms with E-state index in [1.54, 1.807) is 0 Å². The first kappa shape index (κ1) is 14.8. The molecule has 1 heterocycles. The van der Waals surface area contributed by atoms with Gasteiger partial charge in [-0.3, -0.25) is 4.90 Å². The second kappa shape index (κ2) is 7.26. The van der Waals surface area contributed by atoms with Crippen LogP contribution in [0, 0.1) is 0 Å². The zero-order valence-corrected chi connectivity index (χ0v) is 12.4. The van der Waals surface area contributed by atoms with Crippen LogP contribution in [-0.2, 0) is 6.54 Å². The molecule has 1 aromatic carbocycles. The van der Waals surface area contributed by atoms with Crippen LogP contribution in [0.1, 0.15) is 5.56 Å². The summed E-state index contributed by atoms with van der Waals surface area (Å²) in [6.45, 7) is 4.76. The lowest BCUT2D eigenvalue weighted by atomic mass is 10.2. The summed E-state index contributed by atoms with van der Waals surface area (Å²) in [5, 5.41) is 3.23. The van der Waals surface area contributed by atoms with Crippen molar-refractivity contribution >= 4 is 5.96 Å². The Morgan fingerprint density at radius 3 is 2.80 bits per heavy atom. The lowest BCUT2D eigenvalue weighted by Crippen LogP contribution is -2.55. The van der Waals surface area contributed by atoms with Crippen molar-refractivity contribution < 1.29 is 0 Å². The van der Waals surface area contributed by atoms with E-state index in [-0.39, 0.29) is 0 Å². The van der Waals surface area contributed by atoms with Gasteiger partial charge in [0.1, 0.15) is 0 Å². The first-order chi connectivity index (χ1) is 9.65. The molecule has 0 amide bonds. The Bertz CT molecular complexity index is 431. The fraction of sp³-hybridized carbons (Fsp3) is 0.533.